The predicted octanol–water partition coefficient (Wildman–Crippen LogP) is 5.13. The van der Waals surface area contributed by atoms with Crippen molar-refractivity contribution in [1.82, 2.24) is 0 Å². The van der Waals surface area contributed by atoms with Gasteiger partial charge in [0.1, 0.15) is 0 Å². The lowest BCUT2D eigenvalue weighted by atomic mass is 9.77. The first-order valence-corrected chi connectivity index (χ1v) is 7.40. The van der Waals surface area contributed by atoms with Crippen LogP contribution in [0.5, 0.6) is 0 Å². The second kappa shape index (κ2) is 6.64. The van der Waals surface area contributed by atoms with Crippen LogP contribution in [0.15, 0.2) is 24.3 Å². The molecule has 0 amide bonds. The van der Waals surface area contributed by atoms with Crippen LogP contribution in [0.2, 0.25) is 0 Å². The summed E-state index contributed by atoms with van der Waals surface area (Å²) in [7, 11) is 0. The minimum Gasteiger partial charge on any atom is -0.115 e. The summed E-state index contributed by atoms with van der Waals surface area (Å²) in [4.78, 5) is 0. The van der Waals surface area contributed by atoms with Gasteiger partial charge in [-0.2, -0.15) is 0 Å². The molecule has 1 aromatic rings. The first-order chi connectivity index (χ1) is 8.83. The molecule has 1 fully saturated rings. The summed E-state index contributed by atoms with van der Waals surface area (Å²) in [6.07, 6.45) is 15.2. The largest absolute Gasteiger partial charge is 0.115 e. The minimum absolute atomic E-state index is 0.773. The average Bonchev–Trinajstić information content (AvgIpc) is 2.46. The van der Waals surface area contributed by atoms with Crippen LogP contribution in [0.25, 0.3) is 0 Å². The van der Waals surface area contributed by atoms with Gasteiger partial charge in [-0.15, -0.1) is 6.42 Å². The molecule has 0 spiro atoms. The Morgan fingerprint density at radius 2 is 1.78 bits per heavy atom. The minimum atomic E-state index is 0.773. The Hall–Kier alpha value is -1.22. The monoisotopic (exact) mass is 240 g/mol. The summed E-state index contributed by atoms with van der Waals surface area (Å²) in [5.41, 5.74) is 2.48. The van der Waals surface area contributed by atoms with Crippen LogP contribution in [0.1, 0.15) is 68.9 Å². The molecule has 1 saturated carbocycles. The fourth-order valence-electron chi connectivity index (χ4n) is 3.13. The highest BCUT2D eigenvalue weighted by Gasteiger charge is 2.21. The zero-order valence-corrected chi connectivity index (χ0v) is 11.5. The molecule has 0 N–H and O–H groups in total. The number of hydrogen-bond acceptors (Lipinski definition) is 0. The predicted molar refractivity (Wildman–Crippen MR) is 78.6 cm³/mol. The van der Waals surface area contributed by atoms with E-state index in [2.05, 4.69) is 37.1 Å². The highest BCUT2D eigenvalue weighted by molar-refractivity contribution is 5.35. The Morgan fingerprint density at radius 1 is 1.11 bits per heavy atom. The van der Waals surface area contributed by atoms with Crippen molar-refractivity contribution in [2.45, 2.75) is 57.8 Å². The molecular weight excluding hydrogens is 216 g/mol. The van der Waals surface area contributed by atoms with Crippen molar-refractivity contribution < 1.29 is 0 Å². The normalized spacial score (nSPS) is 23.6. The van der Waals surface area contributed by atoms with E-state index < -0.39 is 0 Å². The molecule has 0 unspecified atom stereocenters. The average molecular weight is 240 g/mol. The molecule has 0 aliphatic heterocycles. The maximum atomic E-state index is 5.39. The van der Waals surface area contributed by atoms with E-state index in [1.165, 1.54) is 50.5 Å². The molecule has 0 saturated heterocycles. The maximum absolute atomic E-state index is 5.39. The Kier molecular flexibility index (Phi) is 4.88. The van der Waals surface area contributed by atoms with E-state index >= 15 is 0 Å². The fourth-order valence-corrected chi connectivity index (χ4v) is 3.13. The molecule has 0 radical (unpaired) electrons. The summed E-state index contributed by atoms with van der Waals surface area (Å²) in [5.74, 6) is 4.45. The Labute approximate surface area is 112 Å². The van der Waals surface area contributed by atoms with Crippen molar-refractivity contribution in [3.63, 3.8) is 0 Å². The highest BCUT2D eigenvalue weighted by atomic mass is 14.3. The van der Waals surface area contributed by atoms with Gasteiger partial charge in [-0.05, 0) is 55.2 Å². The quantitative estimate of drug-likeness (QED) is 0.640. The van der Waals surface area contributed by atoms with E-state index in [1.54, 1.807) is 0 Å². The SMILES string of the molecule is C#Cc1ccc([C@H]2CC[C@H](CCCC)CC2)cc1. The Morgan fingerprint density at radius 3 is 2.33 bits per heavy atom. The van der Waals surface area contributed by atoms with Gasteiger partial charge < -0.3 is 0 Å². The molecule has 0 aromatic heterocycles. The van der Waals surface area contributed by atoms with E-state index in [1.807, 2.05) is 0 Å². The summed E-state index contributed by atoms with van der Waals surface area (Å²) in [6.45, 7) is 2.29. The molecule has 0 atom stereocenters. The molecule has 1 aliphatic rings. The molecule has 1 aromatic carbocycles. The van der Waals surface area contributed by atoms with Crippen LogP contribution in [0.3, 0.4) is 0 Å². The topological polar surface area (TPSA) is 0 Å². The van der Waals surface area contributed by atoms with Crippen molar-refractivity contribution in [3.05, 3.63) is 35.4 Å². The molecule has 0 nitrogen and oxygen atoms in total. The van der Waals surface area contributed by atoms with Crippen LogP contribution >= 0.6 is 0 Å². The van der Waals surface area contributed by atoms with E-state index in [9.17, 15) is 0 Å². The van der Waals surface area contributed by atoms with Crippen molar-refractivity contribution in [1.29, 1.82) is 0 Å². The van der Waals surface area contributed by atoms with Crippen molar-refractivity contribution >= 4 is 0 Å². The van der Waals surface area contributed by atoms with Gasteiger partial charge in [-0.1, -0.05) is 44.2 Å². The summed E-state index contributed by atoms with van der Waals surface area (Å²) in [5, 5.41) is 0. The van der Waals surface area contributed by atoms with Crippen LogP contribution in [0, 0.1) is 18.3 Å². The van der Waals surface area contributed by atoms with Gasteiger partial charge in [0, 0.05) is 5.56 Å². The fraction of sp³-hybridized carbons (Fsp3) is 0.556. The third-order valence-corrected chi connectivity index (χ3v) is 4.36. The Balaban J connectivity index is 1.87. The lowest BCUT2D eigenvalue weighted by Crippen LogP contribution is -2.13. The molecular formula is C18H24. The number of terminal acetylenes is 1. The van der Waals surface area contributed by atoms with E-state index in [4.69, 9.17) is 6.42 Å². The van der Waals surface area contributed by atoms with Gasteiger partial charge in [-0.3, -0.25) is 0 Å². The molecule has 2 rings (SSSR count). The van der Waals surface area contributed by atoms with Crippen molar-refractivity contribution in [2.75, 3.05) is 0 Å². The lowest BCUT2D eigenvalue weighted by Gasteiger charge is -2.28. The number of unbranched alkanes of at least 4 members (excludes halogenated alkanes) is 1. The molecule has 0 bridgehead atoms. The number of rotatable bonds is 4. The molecule has 96 valence electrons. The molecule has 0 heteroatoms. The maximum Gasteiger partial charge on any atom is 0.0242 e. The first-order valence-electron chi connectivity index (χ1n) is 7.40. The summed E-state index contributed by atoms with van der Waals surface area (Å²) in [6, 6.07) is 8.62. The third kappa shape index (κ3) is 3.39. The van der Waals surface area contributed by atoms with Gasteiger partial charge in [0.05, 0.1) is 0 Å². The zero-order valence-electron chi connectivity index (χ0n) is 11.5. The smallest absolute Gasteiger partial charge is 0.0242 e. The molecule has 18 heavy (non-hydrogen) atoms. The standard InChI is InChI=1S/C18H24/c1-3-5-6-16-9-13-18(14-10-16)17-11-7-15(4-2)8-12-17/h2,7-8,11-12,16,18H,3,5-6,9-10,13-14H2,1H3/t16-,18-. The second-order valence-corrected chi connectivity index (χ2v) is 5.63. The van der Waals surface area contributed by atoms with E-state index in [0.29, 0.717) is 0 Å². The summed E-state index contributed by atoms with van der Waals surface area (Å²) < 4.78 is 0. The van der Waals surface area contributed by atoms with Crippen LogP contribution < -0.4 is 0 Å². The first kappa shape index (κ1) is 13.2. The molecule has 1 aliphatic carbocycles. The van der Waals surface area contributed by atoms with E-state index in [-0.39, 0.29) is 0 Å². The third-order valence-electron chi connectivity index (χ3n) is 4.36. The van der Waals surface area contributed by atoms with Gasteiger partial charge in [0.2, 0.25) is 0 Å². The second-order valence-electron chi connectivity index (χ2n) is 5.63. The van der Waals surface area contributed by atoms with Crippen molar-refractivity contribution in [2.24, 2.45) is 5.92 Å². The van der Waals surface area contributed by atoms with E-state index in [0.717, 1.165) is 17.4 Å². The van der Waals surface area contributed by atoms with Gasteiger partial charge in [0.15, 0.2) is 0 Å². The zero-order chi connectivity index (χ0) is 12.8. The van der Waals surface area contributed by atoms with Crippen LogP contribution in [-0.2, 0) is 0 Å². The summed E-state index contributed by atoms with van der Waals surface area (Å²) >= 11 is 0. The lowest BCUT2D eigenvalue weighted by molar-refractivity contribution is 0.304. The van der Waals surface area contributed by atoms with Crippen LogP contribution in [0.4, 0.5) is 0 Å². The van der Waals surface area contributed by atoms with Gasteiger partial charge >= 0.3 is 0 Å². The highest BCUT2D eigenvalue weighted by Crippen LogP contribution is 2.37. The number of hydrogen-bond donors (Lipinski definition) is 0. The molecule has 0 heterocycles. The van der Waals surface area contributed by atoms with Crippen LogP contribution in [-0.4, -0.2) is 0 Å². The van der Waals surface area contributed by atoms with Gasteiger partial charge in [0.25, 0.3) is 0 Å². The van der Waals surface area contributed by atoms with Crippen molar-refractivity contribution in [3.8, 4) is 12.3 Å². The van der Waals surface area contributed by atoms with Gasteiger partial charge in [-0.25, -0.2) is 0 Å². The number of benzene rings is 1. The Bertz CT molecular complexity index is 385.